The first-order chi connectivity index (χ1) is 7.17. The molecule has 3 N–H and O–H groups in total. The van der Waals surface area contributed by atoms with Gasteiger partial charge in [0.05, 0.1) is 12.6 Å². The van der Waals surface area contributed by atoms with Gasteiger partial charge in [-0.1, -0.05) is 12.1 Å². The number of likely N-dealkylation sites (N-methyl/N-ethyl adjacent to an activating group) is 1. The van der Waals surface area contributed by atoms with E-state index in [0.717, 1.165) is 11.3 Å². The van der Waals surface area contributed by atoms with Crippen LogP contribution in [0.3, 0.4) is 0 Å². The van der Waals surface area contributed by atoms with Crippen LogP contribution in [0, 0.1) is 0 Å². The van der Waals surface area contributed by atoms with Crippen LogP contribution in [0.1, 0.15) is 12.5 Å². The molecule has 4 heteroatoms. The largest absolute Gasteiger partial charge is 0.392 e. The predicted octanol–water partition coefficient (Wildman–Crippen LogP) is 0.725. The first-order valence-corrected chi connectivity index (χ1v) is 4.85. The molecule has 1 atom stereocenters. The van der Waals surface area contributed by atoms with Crippen molar-refractivity contribution < 1.29 is 9.90 Å². The van der Waals surface area contributed by atoms with Gasteiger partial charge in [0.1, 0.15) is 0 Å². The molecule has 0 heterocycles. The number of aliphatic hydroxyl groups excluding tert-OH is 1. The maximum Gasteiger partial charge on any atom is 0.241 e. The van der Waals surface area contributed by atoms with E-state index in [0.29, 0.717) is 0 Å². The fourth-order valence-corrected chi connectivity index (χ4v) is 1.08. The van der Waals surface area contributed by atoms with E-state index in [4.69, 9.17) is 5.11 Å². The van der Waals surface area contributed by atoms with Crippen LogP contribution < -0.4 is 10.6 Å². The van der Waals surface area contributed by atoms with Crippen LogP contribution in [0.15, 0.2) is 24.3 Å². The van der Waals surface area contributed by atoms with Crippen molar-refractivity contribution in [2.75, 3.05) is 12.4 Å². The highest BCUT2D eigenvalue weighted by atomic mass is 16.3. The number of hydrogen-bond acceptors (Lipinski definition) is 3. The summed E-state index contributed by atoms with van der Waals surface area (Å²) < 4.78 is 0. The maximum absolute atomic E-state index is 11.5. The number of carbonyl (C=O) groups is 1. The molecule has 1 amide bonds. The van der Waals surface area contributed by atoms with Crippen molar-refractivity contribution in [3.05, 3.63) is 29.8 Å². The lowest BCUT2D eigenvalue weighted by Crippen LogP contribution is -2.35. The van der Waals surface area contributed by atoms with Crippen molar-refractivity contribution in [2.24, 2.45) is 0 Å². The standard InChI is InChI=1S/C11H16N2O2/c1-8(12-2)11(15)13-10-5-3-9(7-14)4-6-10/h3-6,8,12,14H,7H2,1-2H3,(H,13,15). The van der Waals surface area contributed by atoms with Crippen molar-refractivity contribution in [1.29, 1.82) is 0 Å². The summed E-state index contributed by atoms with van der Waals surface area (Å²) in [6.45, 7) is 1.80. The molecule has 4 nitrogen and oxygen atoms in total. The minimum atomic E-state index is -0.220. The summed E-state index contributed by atoms with van der Waals surface area (Å²) in [5, 5.41) is 14.5. The van der Waals surface area contributed by atoms with Crippen LogP contribution in [0.5, 0.6) is 0 Å². The Morgan fingerprint density at radius 1 is 1.40 bits per heavy atom. The van der Waals surface area contributed by atoms with Crippen LogP contribution in [-0.2, 0) is 11.4 Å². The van der Waals surface area contributed by atoms with Gasteiger partial charge in [-0.25, -0.2) is 0 Å². The van der Waals surface area contributed by atoms with E-state index < -0.39 is 0 Å². The quantitative estimate of drug-likeness (QED) is 0.683. The Morgan fingerprint density at radius 3 is 2.47 bits per heavy atom. The zero-order valence-corrected chi connectivity index (χ0v) is 8.95. The second-order valence-electron chi connectivity index (χ2n) is 3.35. The summed E-state index contributed by atoms with van der Waals surface area (Å²) >= 11 is 0. The van der Waals surface area contributed by atoms with Crippen LogP contribution in [0.25, 0.3) is 0 Å². The van der Waals surface area contributed by atoms with Gasteiger partial charge in [-0.15, -0.1) is 0 Å². The van der Waals surface area contributed by atoms with Crippen LogP contribution in [-0.4, -0.2) is 24.1 Å². The second-order valence-corrected chi connectivity index (χ2v) is 3.35. The topological polar surface area (TPSA) is 61.4 Å². The lowest BCUT2D eigenvalue weighted by Gasteiger charge is -2.11. The van der Waals surface area contributed by atoms with Crippen LogP contribution in [0.4, 0.5) is 5.69 Å². The van der Waals surface area contributed by atoms with Crippen molar-refractivity contribution in [2.45, 2.75) is 19.6 Å². The number of hydrogen-bond donors (Lipinski definition) is 3. The summed E-state index contributed by atoms with van der Waals surface area (Å²) in [6.07, 6.45) is 0. The Hall–Kier alpha value is -1.39. The SMILES string of the molecule is CNC(C)C(=O)Nc1ccc(CO)cc1. The highest BCUT2D eigenvalue weighted by molar-refractivity contribution is 5.94. The number of benzene rings is 1. The summed E-state index contributed by atoms with van der Waals surface area (Å²) in [6, 6.07) is 6.87. The van der Waals surface area contributed by atoms with Gasteiger partial charge in [-0.2, -0.15) is 0 Å². The minimum Gasteiger partial charge on any atom is -0.392 e. The second kappa shape index (κ2) is 5.48. The van der Waals surface area contributed by atoms with E-state index in [1.54, 1.807) is 38.2 Å². The summed E-state index contributed by atoms with van der Waals surface area (Å²) in [5.74, 6) is -0.0748. The smallest absolute Gasteiger partial charge is 0.241 e. The van der Waals surface area contributed by atoms with Crippen LogP contribution in [0.2, 0.25) is 0 Å². The van der Waals surface area contributed by atoms with E-state index in [2.05, 4.69) is 10.6 Å². The molecule has 0 spiro atoms. The number of carbonyl (C=O) groups excluding carboxylic acids is 1. The number of rotatable bonds is 4. The summed E-state index contributed by atoms with van der Waals surface area (Å²) in [4.78, 5) is 11.5. The molecule has 1 aromatic rings. The molecule has 1 aromatic carbocycles. The van der Waals surface area contributed by atoms with Gasteiger partial charge in [0.25, 0.3) is 0 Å². The van der Waals surface area contributed by atoms with Crippen molar-refractivity contribution in [3.63, 3.8) is 0 Å². The molecule has 0 saturated heterocycles. The molecule has 0 aliphatic heterocycles. The normalized spacial score (nSPS) is 12.2. The molecule has 0 aliphatic carbocycles. The Kier molecular flexibility index (Phi) is 4.27. The fraction of sp³-hybridized carbons (Fsp3) is 0.364. The zero-order valence-electron chi connectivity index (χ0n) is 8.95. The van der Waals surface area contributed by atoms with E-state index >= 15 is 0 Å². The maximum atomic E-state index is 11.5. The average molecular weight is 208 g/mol. The number of nitrogens with one attached hydrogen (secondary N) is 2. The fourth-order valence-electron chi connectivity index (χ4n) is 1.08. The molecule has 82 valence electrons. The molecular weight excluding hydrogens is 192 g/mol. The van der Waals surface area contributed by atoms with E-state index in [9.17, 15) is 4.79 Å². The molecule has 0 aromatic heterocycles. The highest BCUT2D eigenvalue weighted by Crippen LogP contribution is 2.09. The van der Waals surface area contributed by atoms with E-state index in [1.807, 2.05) is 0 Å². The van der Waals surface area contributed by atoms with E-state index in [-0.39, 0.29) is 18.6 Å². The number of anilines is 1. The Balaban J connectivity index is 2.61. The molecule has 0 saturated carbocycles. The molecule has 0 fully saturated rings. The van der Waals surface area contributed by atoms with Gasteiger partial charge < -0.3 is 15.7 Å². The number of aliphatic hydroxyl groups is 1. The summed E-state index contributed by atoms with van der Waals surface area (Å²) in [5.41, 5.74) is 1.56. The third-order valence-electron chi connectivity index (χ3n) is 2.23. The lowest BCUT2D eigenvalue weighted by atomic mass is 10.2. The first kappa shape index (κ1) is 11.7. The predicted molar refractivity (Wildman–Crippen MR) is 59.5 cm³/mol. The lowest BCUT2D eigenvalue weighted by molar-refractivity contribution is -0.117. The van der Waals surface area contributed by atoms with Gasteiger partial charge in [0.2, 0.25) is 5.91 Å². The van der Waals surface area contributed by atoms with Gasteiger partial charge >= 0.3 is 0 Å². The molecule has 15 heavy (non-hydrogen) atoms. The zero-order chi connectivity index (χ0) is 11.3. The van der Waals surface area contributed by atoms with Crippen molar-refractivity contribution >= 4 is 11.6 Å². The third-order valence-corrected chi connectivity index (χ3v) is 2.23. The van der Waals surface area contributed by atoms with Crippen molar-refractivity contribution in [3.8, 4) is 0 Å². The molecule has 0 bridgehead atoms. The molecule has 0 aliphatic rings. The molecule has 1 unspecified atom stereocenters. The monoisotopic (exact) mass is 208 g/mol. The van der Waals surface area contributed by atoms with Gasteiger partial charge in [-0.3, -0.25) is 4.79 Å². The Bertz CT molecular complexity index is 322. The highest BCUT2D eigenvalue weighted by Gasteiger charge is 2.09. The van der Waals surface area contributed by atoms with Gasteiger partial charge in [-0.05, 0) is 31.7 Å². The molecule has 1 rings (SSSR count). The van der Waals surface area contributed by atoms with Gasteiger partial charge in [0.15, 0.2) is 0 Å². The van der Waals surface area contributed by atoms with Crippen LogP contribution >= 0.6 is 0 Å². The van der Waals surface area contributed by atoms with E-state index in [1.165, 1.54) is 0 Å². The van der Waals surface area contributed by atoms with Gasteiger partial charge in [0, 0.05) is 5.69 Å². The molecule has 0 radical (unpaired) electrons. The first-order valence-electron chi connectivity index (χ1n) is 4.85. The third kappa shape index (κ3) is 3.34. The minimum absolute atomic E-state index is 0.0150. The summed E-state index contributed by atoms with van der Waals surface area (Å²) in [7, 11) is 1.74. The number of amides is 1. The average Bonchev–Trinajstić information content (AvgIpc) is 2.29. The molecular formula is C11H16N2O2. The Labute approximate surface area is 89.3 Å². The van der Waals surface area contributed by atoms with Crippen molar-refractivity contribution in [1.82, 2.24) is 5.32 Å². The Morgan fingerprint density at radius 2 is 2.00 bits per heavy atom.